The second kappa shape index (κ2) is 5.09. The quantitative estimate of drug-likeness (QED) is 0.731. The summed E-state index contributed by atoms with van der Waals surface area (Å²) in [5, 5.41) is 0. The highest BCUT2D eigenvalue weighted by Crippen LogP contribution is 2.24. The van der Waals surface area contributed by atoms with Crippen molar-refractivity contribution in [2.45, 2.75) is 6.92 Å². The van der Waals surface area contributed by atoms with Gasteiger partial charge in [-0.1, -0.05) is 12.1 Å². The Kier molecular flexibility index (Phi) is 3.28. The Labute approximate surface area is 120 Å². The third kappa shape index (κ3) is 2.10. The average Bonchev–Trinajstić information content (AvgIpc) is 2.77. The van der Waals surface area contributed by atoms with E-state index in [1.807, 2.05) is 35.8 Å². The topological polar surface area (TPSA) is 29.9 Å². The van der Waals surface area contributed by atoms with Crippen LogP contribution in [0.4, 0.5) is 4.39 Å². The third-order valence-corrected chi connectivity index (χ3v) is 3.35. The summed E-state index contributed by atoms with van der Waals surface area (Å²) < 4.78 is 21.5. The van der Waals surface area contributed by atoms with Crippen molar-refractivity contribution in [3.8, 4) is 11.4 Å². The minimum Gasteiger partial charge on any atom is -0.491 e. The van der Waals surface area contributed by atoms with Crippen molar-refractivity contribution < 1.29 is 9.13 Å². The molecule has 0 atom stereocenters. The number of para-hydroxylation sites is 2. The number of rotatable bonds is 3. The second-order valence-electron chi connectivity index (χ2n) is 4.33. The number of nitrogens with zero attached hydrogens (tertiary/aromatic N) is 1. The van der Waals surface area contributed by atoms with Crippen LogP contribution in [0.25, 0.3) is 16.7 Å². The van der Waals surface area contributed by atoms with E-state index in [0.717, 1.165) is 11.0 Å². The molecule has 0 aliphatic carbocycles. The van der Waals surface area contributed by atoms with Gasteiger partial charge in [0.15, 0.2) is 16.3 Å². The van der Waals surface area contributed by atoms with Gasteiger partial charge in [0.1, 0.15) is 0 Å². The number of H-pyrrole nitrogens is 1. The molecule has 20 heavy (non-hydrogen) atoms. The maximum Gasteiger partial charge on any atom is 0.182 e. The van der Waals surface area contributed by atoms with E-state index in [2.05, 4.69) is 4.98 Å². The average molecular weight is 288 g/mol. The Morgan fingerprint density at radius 1 is 1.25 bits per heavy atom. The summed E-state index contributed by atoms with van der Waals surface area (Å²) in [6.45, 7) is 2.26. The standard InChI is InChI=1S/C15H13FN2OS/c1-2-19-14-8-7-10(9-11(14)16)18-13-6-4-3-5-12(13)17-15(18)20/h3-9H,2H2,1H3,(H,17,20). The fourth-order valence-electron chi connectivity index (χ4n) is 2.21. The minimum absolute atomic E-state index is 0.252. The summed E-state index contributed by atoms with van der Waals surface area (Å²) in [5.74, 6) is -0.140. The number of aromatic amines is 1. The van der Waals surface area contributed by atoms with Crippen LogP contribution in [0, 0.1) is 10.6 Å². The zero-order valence-electron chi connectivity index (χ0n) is 10.9. The highest BCUT2D eigenvalue weighted by molar-refractivity contribution is 7.71. The number of benzene rings is 2. The smallest absolute Gasteiger partial charge is 0.182 e. The molecule has 1 aromatic heterocycles. The fraction of sp³-hybridized carbons (Fsp3) is 0.133. The van der Waals surface area contributed by atoms with E-state index >= 15 is 0 Å². The van der Waals surface area contributed by atoms with Gasteiger partial charge in [0, 0.05) is 6.07 Å². The lowest BCUT2D eigenvalue weighted by Gasteiger charge is -2.08. The van der Waals surface area contributed by atoms with E-state index in [0.29, 0.717) is 17.1 Å². The van der Waals surface area contributed by atoms with E-state index in [9.17, 15) is 4.39 Å². The number of halogens is 1. The SMILES string of the molecule is CCOc1ccc(-n2c(=S)[nH]c3ccccc32)cc1F. The molecule has 0 saturated heterocycles. The molecule has 3 nitrogen and oxygen atoms in total. The maximum absolute atomic E-state index is 14.0. The number of hydrogen-bond donors (Lipinski definition) is 1. The molecular formula is C15H13FN2OS. The van der Waals surface area contributed by atoms with Crippen LogP contribution in [0.15, 0.2) is 42.5 Å². The van der Waals surface area contributed by atoms with Crippen LogP contribution >= 0.6 is 12.2 Å². The van der Waals surface area contributed by atoms with Crippen LogP contribution in [-0.4, -0.2) is 16.2 Å². The summed E-state index contributed by atoms with van der Waals surface area (Å²) in [6.07, 6.45) is 0. The summed E-state index contributed by atoms with van der Waals surface area (Å²) in [6, 6.07) is 12.6. The largest absolute Gasteiger partial charge is 0.491 e. The lowest BCUT2D eigenvalue weighted by Crippen LogP contribution is -1.98. The first kappa shape index (κ1) is 12.9. The van der Waals surface area contributed by atoms with Gasteiger partial charge in [-0.15, -0.1) is 0 Å². The van der Waals surface area contributed by atoms with Crippen LogP contribution in [-0.2, 0) is 0 Å². The van der Waals surface area contributed by atoms with Crippen LogP contribution in [0.5, 0.6) is 5.75 Å². The first-order valence-electron chi connectivity index (χ1n) is 6.33. The van der Waals surface area contributed by atoms with Crippen molar-refractivity contribution in [1.29, 1.82) is 0 Å². The summed E-state index contributed by atoms with van der Waals surface area (Å²) in [7, 11) is 0. The van der Waals surface area contributed by atoms with E-state index < -0.39 is 5.82 Å². The normalized spacial score (nSPS) is 10.9. The molecule has 5 heteroatoms. The van der Waals surface area contributed by atoms with Gasteiger partial charge in [-0.05, 0) is 43.4 Å². The molecule has 0 radical (unpaired) electrons. The van der Waals surface area contributed by atoms with Crippen molar-refractivity contribution in [1.82, 2.24) is 9.55 Å². The van der Waals surface area contributed by atoms with E-state index in [4.69, 9.17) is 17.0 Å². The summed E-state index contributed by atoms with van der Waals surface area (Å²) in [4.78, 5) is 3.11. The monoisotopic (exact) mass is 288 g/mol. The molecule has 0 spiro atoms. The molecule has 0 amide bonds. The predicted molar refractivity (Wildman–Crippen MR) is 79.6 cm³/mol. The van der Waals surface area contributed by atoms with Gasteiger partial charge in [-0.2, -0.15) is 0 Å². The Bertz CT molecular complexity index is 822. The molecule has 102 valence electrons. The number of aromatic nitrogens is 2. The number of imidazole rings is 1. The molecule has 0 unspecified atom stereocenters. The first-order chi connectivity index (χ1) is 9.70. The number of ether oxygens (including phenoxy) is 1. The third-order valence-electron chi connectivity index (χ3n) is 3.06. The highest BCUT2D eigenvalue weighted by Gasteiger charge is 2.09. The van der Waals surface area contributed by atoms with Gasteiger partial charge in [-0.3, -0.25) is 4.57 Å². The van der Waals surface area contributed by atoms with Crippen molar-refractivity contribution in [3.63, 3.8) is 0 Å². The molecule has 0 fully saturated rings. The van der Waals surface area contributed by atoms with Gasteiger partial charge < -0.3 is 9.72 Å². The molecular weight excluding hydrogens is 275 g/mol. The van der Waals surface area contributed by atoms with Gasteiger partial charge in [0.05, 0.1) is 23.3 Å². The molecule has 0 aliphatic rings. The predicted octanol–water partition coefficient (Wildman–Crippen LogP) is 4.23. The van der Waals surface area contributed by atoms with Crippen molar-refractivity contribution in [2.24, 2.45) is 0 Å². The zero-order valence-corrected chi connectivity index (χ0v) is 11.7. The lowest BCUT2D eigenvalue weighted by molar-refractivity contribution is 0.321. The molecule has 0 bridgehead atoms. The van der Waals surface area contributed by atoms with Crippen molar-refractivity contribution in [2.75, 3.05) is 6.61 Å². The second-order valence-corrected chi connectivity index (χ2v) is 4.72. The molecule has 2 aromatic carbocycles. The molecule has 3 aromatic rings. The Morgan fingerprint density at radius 2 is 2.05 bits per heavy atom. The van der Waals surface area contributed by atoms with Gasteiger partial charge in [0.25, 0.3) is 0 Å². The van der Waals surface area contributed by atoms with E-state index in [1.165, 1.54) is 6.07 Å². The molecule has 3 rings (SSSR count). The van der Waals surface area contributed by atoms with Crippen molar-refractivity contribution in [3.05, 3.63) is 53.1 Å². The van der Waals surface area contributed by atoms with Gasteiger partial charge >= 0.3 is 0 Å². The van der Waals surface area contributed by atoms with E-state index in [1.54, 1.807) is 12.1 Å². The molecule has 1 N–H and O–H groups in total. The Balaban J connectivity index is 2.18. The maximum atomic E-state index is 14.0. The highest BCUT2D eigenvalue weighted by atomic mass is 32.1. The summed E-state index contributed by atoms with van der Waals surface area (Å²) >= 11 is 5.32. The Hall–Kier alpha value is -2.14. The first-order valence-corrected chi connectivity index (χ1v) is 6.74. The van der Waals surface area contributed by atoms with Crippen LogP contribution < -0.4 is 4.74 Å². The van der Waals surface area contributed by atoms with Gasteiger partial charge in [-0.25, -0.2) is 4.39 Å². The number of hydrogen-bond acceptors (Lipinski definition) is 2. The van der Waals surface area contributed by atoms with Gasteiger partial charge in [0.2, 0.25) is 0 Å². The van der Waals surface area contributed by atoms with Crippen LogP contribution in [0.1, 0.15) is 6.92 Å². The number of fused-ring (bicyclic) bond motifs is 1. The lowest BCUT2D eigenvalue weighted by atomic mass is 10.2. The van der Waals surface area contributed by atoms with E-state index in [-0.39, 0.29) is 5.75 Å². The van der Waals surface area contributed by atoms with Crippen molar-refractivity contribution >= 4 is 23.3 Å². The molecule has 0 aliphatic heterocycles. The fourth-order valence-corrected chi connectivity index (χ4v) is 2.53. The molecule has 1 heterocycles. The number of nitrogens with one attached hydrogen (secondary N) is 1. The van der Waals surface area contributed by atoms with Crippen LogP contribution in [0.3, 0.4) is 0 Å². The van der Waals surface area contributed by atoms with Crippen LogP contribution in [0.2, 0.25) is 0 Å². The Morgan fingerprint density at radius 3 is 2.80 bits per heavy atom. The zero-order chi connectivity index (χ0) is 14.1. The minimum atomic E-state index is -0.392. The molecule has 0 saturated carbocycles. The summed E-state index contributed by atoms with van der Waals surface area (Å²) in [5.41, 5.74) is 2.52.